The van der Waals surface area contributed by atoms with Gasteiger partial charge in [-0.2, -0.15) is 0 Å². The van der Waals surface area contributed by atoms with Crippen LogP contribution in [0.25, 0.3) is 0 Å². The number of carbonyl (C=O) groups excluding carboxylic acids is 4. The van der Waals surface area contributed by atoms with Gasteiger partial charge in [0.1, 0.15) is 17.7 Å². The van der Waals surface area contributed by atoms with Crippen LogP contribution < -0.4 is 10.6 Å². The molecule has 1 saturated heterocycles. The van der Waals surface area contributed by atoms with Crippen molar-refractivity contribution in [2.45, 2.75) is 52.3 Å². The van der Waals surface area contributed by atoms with E-state index in [1.54, 1.807) is 44.4 Å². The van der Waals surface area contributed by atoms with Crippen molar-refractivity contribution in [1.82, 2.24) is 20.4 Å². The number of ether oxygens (including phenoxy) is 1. The smallest absolute Gasteiger partial charge is 0.408 e. The predicted octanol–water partition coefficient (Wildman–Crippen LogP) is -0.163. The van der Waals surface area contributed by atoms with Crippen molar-refractivity contribution in [1.29, 1.82) is 0 Å². The Morgan fingerprint density at radius 3 is 1.62 bits per heavy atom. The van der Waals surface area contributed by atoms with E-state index in [2.05, 4.69) is 10.6 Å². The Morgan fingerprint density at radius 2 is 1.27 bits per heavy atom. The lowest BCUT2D eigenvalue weighted by atomic mass is 10.1. The molecular weight excluding hydrogens is 339 g/mol. The largest absolute Gasteiger partial charge is 0.444 e. The maximum absolute atomic E-state index is 12.4. The van der Waals surface area contributed by atoms with E-state index >= 15 is 0 Å². The normalized spacial score (nSPS) is 17.1. The fourth-order valence-electron chi connectivity index (χ4n) is 2.52. The Bertz CT molecular complexity index is 555. The highest BCUT2D eigenvalue weighted by Crippen LogP contribution is 2.09. The first-order valence-electron chi connectivity index (χ1n) is 8.53. The van der Waals surface area contributed by atoms with Crippen LogP contribution in [0, 0.1) is 0 Å². The fourth-order valence-corrected chi connectivity index (χ4v) is 2.52. The molecule has 2 N–H and O–H groups in total. The van der Waals surface area contributed by atoms with E-state index in [0.29, 0.717) is 26.2 Å². The third-order valence-electron chi connectivity index (χ3n) is 3.74. The van der Waals surface area contributed by atoms with Gasteiger partial charge in [0, 0.05) is 26.2 Å². The zero-order valence-corrected chi connectivity index (χ0v) is 16.0. The summed E-state index contributed by atoms with van der Waals surface area (Å²) < 4.78 is 5.13. The number of amides is 4. The second-order valence-electron chi connectivity index (χ2n) is 7.25. The highest BCUT2D eigenvalue weighted by atomic mass is 16.6. The molecule has 9 nitrogen and oxygen atoms in total. The molecule has 0 bridgehead atoms. The zero-order valence-electron chi connectivity index (χ0n) is 16.0. The van der Waals surface area contributed by atoms with Gasteiger partial charge in [-0.3, -0.25) is 14.4 Å². The highest BCUT2D eigenvalue weighted by Gasteiger charge is 2.30. The monoisotopic (exact) mass is 366 g/mol. The van der Waals surface area contributed by atoms with Gasteiger partial charge in [-0.05, 0) is 34.6 Å². The van der Waals surface area contributed by atoms with Crippen molar-refractivity contribution in [2.75, 3.05) is 26.2 Å². The Balaban J connectivity index is 2.49. The van der Waals surface area contributed by atoms with Crippen LogP contribution in [0.15, 0.2) is 0 Å². The van der Waals surface area contributed by atoms with Crippen molar-refractivity contribution in [3.63, 3.8) is 0 Å². The third kappa shape index (κ3) is 6.93. The van der Waals surface area contributed by atoms with Crippen LogP contribution in [0.3, 0.4) is 0 Å². The molecule has 2 atom stereocenters. The maximum atomic E-state index is 12.4. The van der Waals surface area contributed by atoms with Crippen LogP contribution in [-0.4, -0.2) is 85.2 Å². The molecule has 1 rings (SSSR count). The topological polar surface area (TPSA) is 108 Å². The lowest BCUT2D eigenvalue weighted by molar-refractivity contribution is -0.141. The minimum atomic E-state index is -0.762. The molecule has 1 heterocycles. The molecule has 1 fully saturated rings. The van der Waals surface area contributed by atoms with Gasteiger partial charge in [0.05, 0.1) is 0 Å². The lowest BCUT2D eigenvalue weighted by Gasteiger charge is -2.37. The van der Waals surface area contributed by atoms with E-state index < -0.39 is 29.6 Å². The molecule has 144 valence electrons. The number of nitrogens with zero attached hydrogens (tertiary/aromatic N) is 2. The Morgan fingerprint density at radius 1 is 0.885 bits per heavy atom. The van der Waals surface area contributed by atoms with Crippen LogP contribution in [0.4, 0.5) is 9.59 Å². The van der Waals surface area contributed by atoms with Gasteiger partial charge in [-0.15, -0.1) is 0 Å². The second kappa shape index (κ2) is 8.91. The number of carbonyl (C=O) groups is 4. The molecule has 1 aliphatic heterocycles. The van der Waals surface area contributed by atoms with Crippen LogP contribution in [-0.2, 0) is 14.3 Å². The molecule has 0 aromatic heterocycles. The second-order valence-corrected chi connectivity index (χ2v) is 7.25. The maximum Gasteiger partial charge on any atom is 0.408 e. The summed E-state index contributed by atoms with van der Waals surface area (Å²) in [6.07, 6.45) is -0.654. The average molecular weight is 366 g/mol. The van der Waals surface area contributed by atoms with E-state index in [9.17, 15) is 19.2 Å². The first kappa shape index (κ1) is 21.8. The van der Waals surface area contributed by atoms with Crippen molar-refractivity contribution < 1.29 is 23.9 Å². The highest BCUT2D eigenvalue weighted by molar-refractivity contribution is 6.57. The van der Waals surface area contributed by atoms with Crippen molar-refractivity contribution in [2.24, 2.45) is 0 Å². The molecule has 1 aliphatic rings. The Kier molecular flexibility index (Phi) is 7.47. The predicted molar refractivity (Wildman–Crippen MR) is 95.7 cm³/mol. The first-order chi connectivity index (χ1) is 11.9. The number of nitrogens with one attached hydrogen (secondary N) is 2. The van der Waals surface area contributed by atoms with E-state index in [4.69, 9.17) is 12.6 Å². The van der Waals surface area contributed by atoms with E-state index in [1.807, 2.05) is 0 Å². The van der Waals surface area contributed by atoms with Gasteiger partial charge < -0.3 is 25.2 Å². The summed E-state index contributed by atoms with van der Waals surface area (Å²) in [6, 6.07) is -1.45. The lowest BCUT2D eigenvalue weighted by Crippen LogP contribution is -2.57. The summed E-state index contributed by atoms with van der Waals surface area (Å²) in [5.41, 5.74) is -0.644. The van der Waals surface area contributed by atoms with E-state index in [-0.39, 0.29) is 11.8 Å². The van der Waals surface area contributed by atoms with Crippen LogP contribution >= 0.6 is 0 Å². The molecule has 2 radical (unpaired) electrons. The van der Waals surface area contributed by atoms with Crippen molar-refractivity contribution >= 4 is 31.6 Å². The molecule has 0 saturated carbocycles. The molecule has 0 spiro atoms. The standard InChI is InChI=1S/C16H27BN4O5/c1-10(18-14(17)24)12(22)20-6-8-21(9-7-20)13(23)11(2)19-15(25)26-16(3,4)5/h10-11H,6-9H2,1-5H3,(H,18,24)(H,19,25). The SMILES string of the molecule is [B]C(=O)NC(C)C(=O)N1CCN(C(=O)C(C)NC(=O)OC(C)(C)C)CC1. The zero-order chi connectivity index (χ0) is 20.1. The summed E-state index contributed by atoms with van der Waals surface area (Å²) in [5.74, 6) is -1.26. The number of hydrogen-bond acceptors (Lipinski definition) is 5. The first-order valence-corrected chi connectivity index (χ1v) is 8.53. The molecule has 10 heteroatoms. The number of rotatable bonds is 4. The van der Waals surface area contributed by atoms with Crippen LogP contribution in [0.2, 0.25) is 0 Å². The quantitative estimate of drug-likeness (QED) is 0.672. The fraction of sp³-hybridized carbons (Fsp3) is 0.750. The molecule has 0 aliphatic carbocycles. The minimum absolute atomic E-state index is 0.244. The van der Waals surface area contributed by atoms with Crippen LogP contribution in [0.1, 0.15) is 34.6 Å². The van der Waals surface area contributed by atoms with E-state index in [0.717, 1.165) is 0 Å². The van der Waals surface area contributed by atoms with Crippen LogP contribution in [0.5, 0.6) is 0 Å². The van der Waals surface area contributed by atoms with Crippen molar-refractivity contribution in [3.8, 4) is 0 Å². The summed E-state index contributed by atoms with van der Waals surface area (Å²) in [7, 11) is 5.02. The van der Waals surface area contributed by atoms with Gasteiger partial charge in [0.2, 0.25) is 19.7 Å². The summed E-state index contributed by atoms with van der Waals surface area (Å²) in [4.78, 5) is 50.4. The minimum Gasteiger partial charge on any atom is -0.444 e. The summed E-state index contributed by atoms with van der Waals surface area (Å²) in [6.45, 7) is 9.72. The molecule has 4 amide bonds. The van der Waals surface area contributed by atoms with Gasteiger partial charge in [0.25, 0.3) is 0 Å². The van der Waals surface area contributed by atoms with Gasteiger partial charge >= 0.3 is 6.09 Å². The number of alkyl carbamates (subject to hydrolysis) is 1. The average Bonchev–Trinajstić information content (AvgIpc) is 2.51. The molecule has 0 aromatic carbocycles. The number of hydrogen-bond donors (Lipinski definition) is 2. The Labute approximate surface area is 155 Å². The van der Waals surface area contributed by atoms with Gasteiger partial charge in [0.15, 0.2) is 5.81 Å². The molecule has 26 heavy (non-hydrogen) atoms. The summed E-state index contributed by atoms with van der Waals surface area (Å²) >= 11 is 0. The van der Waals surface area contributed by atoms with Gasteiger partial charge in [-0.25, -0.2) is 4.79 Å². The van der Waals surface area contributed by atoms with Gasteiger partial charge in [-0.1, -0.05) is 0 Å². The molecule has 0 aromatic rings. The molecular formula is C16H27BN4O5. The molecule has 2 unspecified atom stereocenters. The third-order valence-corrected chi connectivity index (χ3v) is 3.74. The van der Waals surface area contributed by atoms with Crippen molar-refractivity contribution in [3.05, 3.63) is 0 Å². The Hall–Kier alpha value is -2.26. The van der Waals surface area contributed by atoms with E-state index in [1.165, 1.54) is 0 Å². The number of piperazine rings is 1. The summed E-state index contributed by atoms with van der Waals surface area (Å²) in [5, 5.41) is 4.85.